The van der Waals surface area contributed by atoms with E-state index in [2.05, 4.69) is 15.6 Å². The third-order valence-corrected chi connectivity index (χ3v) is 5.12. The van der Waals surface area contributed by atoms with E-state index < -0.39 is 0 Å². The highest BCUT2D eigenvalue weighted by atomic mass is 35.5. The number of carbonyl (C=O) groups is 1. The normalized spacial score (nSPS) is 16.4. The number of benzene rings is 2. The lowest BCUT2D eigenvalue weighted by Gasteiger charge is -2.36. The maximum Gasteiger partial charge on any atom is 0.276 e. The Morgan fingerprint density at radius 2 is 2.03 bits per heavy atom. The molecule has 0 saturated carbocycles. The summed E-state index contributed by atoms with van der Waals surface area (Å²) in [6.07, 6.45) is 0. The highest BCUT2D eigenvalue weighted by Crippen LogP contribution is 2.26. The number of amides is 1. The molecule has 6 nitrogen and oxygen atoms in total. The average molecular weight is 436 g/mol. The number of nitrogens with one attached hydrogen (secondary N) is 1. The zero-order chi connectivity index (χ0) is 19.7. The molecule has 0 spiro atoms. The van der Waals surface area contributed by atoms with Gasteiger partial charge in [-0.15, -0.1) is 17.5 Å². The zero-order valence-electron chi connectivity index (χ0n) is 15.7. The predicted molar refractivity (Wildman–Crippen MR) is 111 cm³/mol. The number of nitrogens with zero attached hydrogens (tertiary/aromatic N) is 4. The average Bonchev–Trinajstić information content (AvgIpc) is 3.09. The summed E-state index contributed by atoms with van der Waals surface area (Å²) in [5.41, 5.74) is 2.39. The van der Waals surface area contributed by atoms with Crippen molar-refractivity contribution in [2.75, 3.05) is 19.6 Å². The summed E-state index contributed by atoms with van der Waals surface area (Å²) in [6.45, 7) is 3.52. The summed E-state index contributed by atoms with van der Waals surface area (Å²) < 4.78 is 15.3. The molecule has 1 amide bonds. The molecule has 4 rings (SSSR count). The van der Waals surface area contributed by atoms with Crippen molar-refractivity contribution in [2.45, 2.75) is 13.0 Å². The van der Waals surface area contributed by atoms with Crippen molar-refractivity contribution in [1.29, 1.82) is 0 Å². The molecular formula is C20H20Cl2FN5O. The minimum Gasteiger partial charge on any atom is -0.328 e. The van der Waals surface area contributed by atoms with Crippen LogP contribution in [0.15, 0.2) is 48.5 Å². The third-order valence-electron chi connectivity index (χ3n) is 4.89. The number of piperazine rings is 1. The van der Waals surface area contributed by atoms with E-state index in [1.807, 2.05) is 18.2 Å². The maximum absolute atomic E-state index is 13.7. The Morgan fingerprint density at radius 3 is 2.79 bits per heavy atom. The van der Waals surface area contributed by atoms with Crippen LogP contribution in [0.3, 0.4) is 0 Å². The SMILES string of the molecule is Cc1c(C(=O)N2CCNCC2c2cccc(F)c2)nnn1-c1cccc(Cl)c1.Cl. The van der Waals surface area contributed by atoms with Gasteiger partial charge in [0.1, 0.15) is 5.82 Å². The molecule has 0 radical (unpaired) electrons. The van der Waals surface area contributed by atoms with E-state index in [9.17, 15) is 9.18 Å². The van der Waals surface area contributed by atoms with E-state index >= 15 is 0 Å². The second kappa shape index (κ2) is 8.90. The Labute approximate surface area is 179 Å². The fraction of sp³-hybridized carbons (Fsp3) is 0.250. The minimum atomic E-state index is -0.321. The van der Waals surface area contributed by atoms with Crippen LogP contribution >= 0.6 is 24.0 Å². The third kappa shape index (κ3) is 4.27. The van der Waals surface area contributed by atoms with Gasteiger partial charge < -0.3 is 10.2 Å². The second-order valence-corrected chi connectivity index (χ2v) is 7.13. The lowest BCUT2D eigenvalue weighted by Crippen LogP contribution is -2.49. The van der Waals surface area contributed by atoms with Crippen molar-refractivity contribution in [3.63, 3.8) is 0 Å². The van der Waals surface area contributed by atoms with Crippen LogP contribution in [0.1, 0.15) is 27.8 Å². The molecule has 2 aromatic carbocycles. The van der Waals surface area contributed by atoms with Gasteiger partial charge >= 0.3 is 0 Å². The molecule has 1 aliphatic rings. The van der Waals surface area contributed by atoms with Crippen LogP contribution in [0.4, 0.5) is 4.39 Å². The molecule has 3 aromatic rings. The topological polar surface area (TPSA) is 63.1 Å². The maximum atomic E-state index is 13.7. The Morgan fingerprint density at radius 1 is 1.24 bits per heavy atom. The molecule has 1 aliphatic heterocycles. The van der Waals surface area contributed by atoms with E-state index in [4.69, 9.17) is 11.6 Å². The number of hydrogen-bond donors (Lipinski definition) is 1. The van der Waals surface area contributed by atoms with Crippen LogP contribution in [-0.4, -0.2) is 45.4 Å². The Hall–Kier alpha value is -2.48. The highest BCUT2D eigenvalue weighted by Gasteiger charge is 2.31. The molecule has 1 N–H and O–H groups in total. The first-order chi connectivity index (χ1) is 13.5. The molecule has 2 heterocycles. The standard InChI is InChI=1S/C20H19ClFN5O.ClH/c1-13-19(24-25-27(13)17-7-3-5-15(21)11-17)20(28)26-9-8-23-12-18(26)14-4-2-6-16(22)10-14;/h2-7,10-11,18,23H,8-9,12H2,1H3;1H. The van der Waals surface area contributed by atoms with Crippen molar-refractivity contribution in [3.05, 3.63) is 76.3 Å². The van der Waals surface area contributed by atoms with Gasteiger partial charge in [0.2, 0.25) is 0 Å². The minimum absolute atomic E-state index is 0. The smallest absolute Gasteiger partial charge is 0.276 e. The zero-order valence-corrected chi connectivity index (χ0v) is 17.3. The van der Waals surface area contributed by atoms with E-state index in [1.54, 1.807) is 34.7 Å². The lowest BCUT2D eigenvalue weighted by atomic mass is 10.0. The molecule has 0 aliphatic carbocycles. The lowest BCUT2D eigenvalue weighted by molar-refractivity contribution is 0.0627. The van der Waals surface area contributed by atoms with E-state index in [0.717, 1.165) is 11.3 Å². The van der Waals surface area contributed by atoms with Crippen molar-refractivity contribution in [3.8, 4) is 5.69 Å². The van der Waals surface area contributed by atoms with Gasteiger partial charge in [-0.2, -0.15) is 0 Å². The highest BCUT2D eigenvalue weighted by molar-refractivity contribution is 6.30. The number of aromatic nitrogens is 3. The van der Waals surface area contributed by atoms with Crippen LogP contribution in [0, 0.1) is 12.7 Å². The van der Waals surface area contributed by atoms with Gasteiger partial charge in [0.05, 0.1) is 17.4 Å². The summed E-state index contributed by atoms with van der Waals surface area (Å²) in [5, 5.41) is 12.1. The number of rotatable bonds is 3. The molecule has 1 fully saturated rings. The summed E-state index contributed by atoms with van der Waals surface area (Å²) in [7, 11) is 0. The fourth-order valence-corrected chi connectivity index (χ4v) is 3.66. The van der Waals surface area contributed by atoms with Crippen molar-refractivity contribution in [1.82, 2.24) is 25.2 Å². The van der Waals surface area contributed by atoms with Crippen LogP contribution in [0.2, 0.25) is 5.02 Å². The number of carbonyl (C=O) groups excluding carboxylic acids is 1. The molecular weight excluding hydrogens is 416 g/mol. The molecule has 1 atom stereocenters. The first-order valence-corrected chi connectivity index (χ1v) is 9.38. The van der Waals surface area contributed by atoms with E-state index in [1.165, 1.54) is 12.1 Å². The van der Waals surface area contributed by atoms with Gasteiger partial charge in [-0.3, -0.25) is 4.79 Å². The molecule has 152 valence electrons. The Balaban J connectivity index is 0.00000240. The van der Waals surface area contributed by atoms with Gasteiger partial charge in [-0.25, -0.2) is 9.07 Å². The molecule has 29 heavy (non-hydrogen) atoms. The molecule has 1 unspecified atom stereocenters. The van der Waals surface area contributed by atoms with Crippen LogP contribution in [0.5, 0.6) is 0 Å². The first kappa shape index (κ1) is 21.2. The molecule has 1 saturated heterocycles. The van der Waals surface area contributed by atoms with Crippen LogP contribution < -0.4 is 5.32 Å². The van der Waals surface area contributed by atoms with Crippen LogP contribution in [0.25, 0.3) is 5.69 Å². The number of hydrogen-bond acceptors (Lipinski definition) is 4. The van der Waals surface area contributed by atoms with Crippen LogP contribution in [-0.2, 0) is 0 Å². The van der Waals surface area contributed by atoms with E-state index in [-0.39, 0.29) is 35.9 Å². The van der Waals surface area contributed by atoms with Crippen molar-refractivity contribution >= 4 is 29.9 Å². The van der Waals surface area contributed by atoms with Gasteiger partial charge in [0.25, 0.3) is 5.91 Å². The quantitative estimate of drug-likeness (QED) is 0.682. The van der Waals surface area contributed by atoms with Gasteiger partial charge in [0.15, 0.2) is 5.69 Å². The van der Waals surface area contributed by atoms with E-state index in [0.29, 0.717) is 30.4 Å². The monoisotopic (exact) mass is 435 g/mol. The largest absolute Gasteiger partial charge is 0.328 e. The first-order valence-electron chi connectivity index (χ1n) is 9.00. The summed E-state index contributed by atoms with van der Waals surface area (Å²) in [5.74, 6) is -0.542. The van der Waals surface area contributed by atoms with Gasteiger partial charge in [-0.05, 0) is 42.8 Å². The fourth-order valence-electron chi connectivity index (χ4n) is 3.47. The van der Waals surface area contributed by atoms with Crippen molar-refractivity contribution in [2.24, 2.45) is 0 Å². The second-order valence-electron chi connectivity index (χ2n) is 6.69. The Bertz CT molecular complexity index is 1030. The van der Waals surface area contributed by atoms with Crippen molar-refractivity contribution < 1.29 is 9.18 Å². The molecule has 0 bridgehead atoms. The summed E-state index contributed by atoms with van der Waals surface area (Å²) >= 11 is 6.06. The number of halogens is 3. The predicted octanol–water partition coefficient (Wildman–Crippen LogP) is 3.58. The molecule has 1 aromatic heterocycles. The van der Waals surface area contributed by atoms with Gasteiger partial charge in [-0.1, -0.05) is 35.0 Å². The summed E-state index contributed by atoms with van der Waals surface area (Å²) in [4.78, 5) is 15.0. The Kier molecular flexibility index (Phi) is 6.52. The summed E-state index contributed by atoms with van der Waals surface area (Å²) in [6, 6.07) is 13.3. The van der Waals surface area contributed by atoms with Gasteiger partial charge in [0, 0.05) is 24.7 Å². The molecule has 9 heteroatoms.